The summed E-state index contributed by atoms with van der Waals surface area (Å²) in [6.07, 6.45) is 1.89. The Kier molecular flexibility index (Phi) is 4.97. The molecule has 0 amide bonds. The van der Waals surface area contributed by atoms with Crippen molar-refractivity contribution in [2.75, 3.05) is 0 Å². The van der Waals surface area contributed by atoms with Crippen LogP contribution in [0.4, 0.5) is 5.69 Å². The van der Waals surface area contributed by atoms with E-state index in [0.29, 0.717) is 5.75 Å². The van der Waals surface area contributed by atoms with E-state index in [2.05, 4.69) is 19.7 Å². The number of H-pyrrole nitrogens is 1. The Morgan fingerprint density at radius 3 is 2.45 bits per heavy atom. The minimum atomic E-state index is -0.387. The number of benzene rings is 3. The average Bonchev–Trinajstić information content (AvgIpc) is 3.42. The van der Waals surface area contributed by atoms with Crippen molar-refractivity contribution < 1.29 is 4.92 Å². The van der Waals surface area contributed by atoms with E-state index in [1.54, 1.807) is 23.9 Å². The molecule has 8 heteroatoms. The van der Waals surface area contributed by atoms with Crippen molar-refractivity contribution in [1.82, 2.24) is 19.7 Å². The fourth-order valence-corrected chi connectivity index (χ4v) is 4.44. The molecule has 2 aromatic heterocycles. The number of nitrogens with one attached hydrogen (secondary N) is 1. The third-order valence-corrected chi connectivity index (χ3v) is 5.98. The highest BCUT2D eigenvalue weighted by Gasteiger charge is 2.17. The summed E-state index contributed by atoms with van der Waals surface area (Å²) in [7, 11) is 0. The van der Waals surface area contributed by atoms with E-state index in [9.17, 15) is 10.1 Å². The lowest BCUT2D eigenvalue weighted by atomic mass is 10.2. The molecule has 152 valence electrons. The van der Waals surface area contributed by atoms with Crippen molar-refractivity contribution in [3.05, 3.63) is 101 Å². The molecule has 0 saturated heterocycles. The van der Waals surface area contributed by atoms with Crippen LogP contribution in [0.25, 0.3) is 28.0 Å². The predicted molar refractivity (Wildman–Crippen MR) is 121 cm³/mol. The highest BCUT2D eigenvalue weighted by atomic mass is 32.2. The van der Waals surface area contributed by atoms with E-state index in [-0.39, 0.29) is 10.6 Å². The van der Waals surface area contributed by atoms with Gasteiger partial charge in [0.1, 0.15) is 0 Å². The summed E-state index contributed by atoms with van der Waals surface area (Å²) in [4.78, 5) is 13.8. The number of fused-ring (bicyclic) bond motifs is 1. The zero-order chi connectivity index (χ0) is 21.2. The number of non-ortho nitro benzene ring substituents is 1. The quantitative estimate of drug-likeness (QED) is 0.216. The van der Waals surface area contributed by atoms with Crippen LogP contribution in [0.5, 0.6) is 0 Å². The van der Waals surface area contributed by atoms with Gasteiger partial charge in [-0.05, 0) is 23.8 Å². The lowest BCUT2D eigenvalue weighted by Crippen LogP contribution is -1.99. The van der Waals surface area contributed by atoms with Crippen molar-refractivity contribution in [1.29, 1.82) is 0 Å². The Balaban J connectivity index is 1.49. The number of nitrogens with zero attached hydrogens (tertiary/aromatic N) is 4. The molecule has 0 aliphatic heterocycles. The number of aromatic amines is 1. The van der Waals surface area contributed by atoms with E-state index in [4.69, 9.17) is 0 Å². The lowest BCUT2D eigenvalue weighted by molar-refractivity contribution is -0.384. The summed E-state index contributed by atoms with van der Waals surface area (Å²) in [6.45, 7) is 0. The summed E-state index contributed by atoms with van der Waals surface area (Å²) < 4.78 is 2.06. The van der Waals surface area contributed by atoms with Crippen LogP contribution in [0.3, 0.4) is 0 Å². The average molecular weight is 427 g/mol. The molecule has 31 heavy (non-hydrogen) atoms. The Labute approximate surface area is 181 Å². The molecule has 7 nitrogen and oxygen atoms in total. The van der Waals surface area contributed by atoms with Crippen LogP contribution >= 0.6 is 11.8 Å². The molecule has 0 saturated carbocycles. The maximum absolute atomic E-state index is 11.0. The molecular formula is C23H17N5O2S. The van der Waals surface area contributed by atoms with Crippen LogP contribution in [0.2, 0.25) is 0 Å². The van der Waals surface area contributed by atoms with Crippen LogP contribution in [-0.4, -0.2) is 24.7 Å². The van der Waals surface area contributed by atoms with E-state index < -0.39 is 0 Å². The van der Waals surface area contributed by atoms with Gasteiger partial charge >= 0.3 is 0 Å². The van der Waals surface area contributed by atoms with E-state index in [1.165, 1.54) is 6.07 Å². The van der Waals surface area contributed by atoms with Gasteiger partial charge in [-0.3, -0.25) is 14.7 Å². The molecule has 0 fully saturated rings. The zero-order valence-corrected chi connectivity index (χ0v) is 17.1. The molecule has 0 spiro atoms. The van der Waals surface area contributed by atoms with Crippen LogP contribution in [0.1, 0.15) is 5.56 Å². The molecule has 5 aromatic rings. The van der Waals surface area contributed by atoms with Gasteiger partial charge in [-0.1, -0.05) is 60.3 Å². The van der Waals surface area contributed by atoms with Crippen molar-refractivity contribution in [3.63, 3.8) is 0 Å². The van der Waals surface area contributed by atoms with E-state index in [0.717, 1.165) is 38.7 Å². The maximum atomic E-state index is 11.0. The Morgan fingerprint density at radius 1 is 0.968 bits per heavy atom. The van der Waals surface area contributed by atoms with Gasteiger partial charge in [0.15, 0.2) is 11.0 Å². The molecule has 0 atom stereocenters. The van der Waals surface area contributed by atoms with E-state index >= 15 is 0 Å². The molecule has 3 aromatic carbocycles. The molecular weight excluding hydrogens is 410 g/mol. The fraction of sp³-hybridized carbons (Fsp3) is 0.0435. The Morgan fingerprint density at radius 2 is 1.71 bits per heavy atom. The first-order valence-corrected chi connectivity index (χ1v) is 10.6. The van der Waals surface area contributed by atoms with Gasteiger partial charge in [0, 0.05) is 40.7 Å². The number of para-hydroxylation sites is 1. The van der Waals surface area contributed by atoms with Gasteiger partial charge < -0.3 is 4.98 Å². The maximum Gasteiger partial charge on any atom is 0.271 e. The molecule has 0 unspecified atom stereocenters. The Bertz CT molecular complexity index is 1360. The number of aromatic nitrogens is 4. The van der Waals surface area contributed by atoms with Gasteiger partial charge in [0.25, 0.3) is 5.69 Å². The normalized spacial score (nSPS) is 11.1. The number of hydrogen-bond donors (Lipinski definition) is 1. The monoisotopic (exact) mass is 427 g/mol. The number of rotatable bonds is 6. The van der Waals surface area contributed by atoms with Crippen LogP contribution < -0.4 is 0 Å². The first-order valence-electron chi connectivity index (χ1n) is 9.64. The van der Waals surface area contributed by atoms with Crippen LogP contribution in [0, 0.1) is 10.1 Å². The third kappa shape index (κ3) is 3.69. The number of nitro benzene ring substituents is 1. The molecule has 1 N–H and O–H groups in total. The van der Waals surface area contributed by atoms with Gasteiger partial charge in [-0.2, -0.15) is 0 Å². The predicted octanol–water partition coefficient (Wildman–Crippen LogP) is 5.62. The molecule has 0 bridgehead atoms. The van der Waals surface area contributed by atoms with Crippen molar-refractivity contribution in [2.45, 2.75) is 10.9 Å². The number of hydrogen-bond acceptors (Lipinski definition) is 5. The highest BCUT2D eigenvalue weighted by molar-refractivity contribution is 7.98. The molecule has 0 aliphatic rings. The second-order valence-corrected chi connectivity index (χ2v) is 7.88. The van der Waals surface area contributed by atoms with Gasteiger partial charge in [-0.25, -0.2) is 0 Å². The van der Waals surface area contributed by atoms with Gasteiger partial charge in [0.2, 0.25) is 0 Å². The minimum absolute atomic E-state index is 0.0740. The summed E-state index contributed by atoms with van der Waals surface area (Å²) >= 11 is 1.58. The summed E-state index contributed by atoms with van der Waals surface area (Å²) in [5.74, 6) is 1.43. The largest absolute Gasteiger partial charge is 0.361 e. The second-order valence-electron chi connectivity index (χ2n) is 6.93. The second kappa shape index (κ2) is 8.08. The highest BCUT2D eigenvalue weighted by Crippen LogP contribution is 2.32. The fourth-order valence-electron chi connectivity index (χ4n) is 3.50. The first kappa shape index (κ1) is 19.1. The number of nitro groups is 1. The topological polar surface area (TPSA) is 89.6 Å². The third-order valence-electron chi connectivity index (χ3n) is 5.00. The molecule has 0 radical (unpaired) electrons. The van der Waals surface area contributed by atoms with Crippen LogP contribution in [-0.2, 0) is 5.75 Å². The van der Waals surface area contributed by atoms with Gasteiger partial charge in [0.05, 0.1) is 10.4 Å². The summed E-state index contributed by atoms with van der Waals surface area (Å²) in [5.41, 5.74) is 3.86. The van der Waals surface area contributed by atoms with Gasteiger partial charge in [-0.15, -0.1) is 10.2 Å². The minimum Gasteiger partial charge on any atom is -0.361 e. The van der Waals surface area contributed by atoms with Crippen molar-refractivity contribution in [2.24, 2.45) is 0 Å². The molecule has 2 heterocycles. The SMILES string of the molecule is O=[N+]([O-])c1ccc2c(CSc3nnc(-c4ccccc4)n3-c3ccccc3)c[nH]c2c1. The Hall–Kier alpha value is -3.91. The van der Waals surface area contributed by atoms with Crippen LogP contribution in [0.15, 0.2) is 90.2 Å². The lowest BCUT2D eigenvalue weighted by Gasteiger charge is -2.10. The molecule has 0 aliphatic carbocycles. The van der Waals surface area contributed by atoms with Crippen molar-refractivity contribution in [3.8, 4) is 17.1 Å². The first-order chi connectivity index (χ1) is 15.2. The number of thioether (sulfide) groups is 1. The zero-order valence-electron chi connectivity index (χ0n) is 16.3. The smallest absolute Gasteiger partial charge is 0.271 e. The summed E-state index contributed by atoms with van der Waals surface area (Å²) in [5, 5.41) is 21.7. The molecule has 5 rings (SSSR count). The summed E-state index contributed by atoms with van der Waals surface area (Å²) in [6, 6.07) is 24.9. The van der Waals surface area contributed by atoms with Crippen molar-refractivity contribution >= 4 is 28.4 Å². The standard InChI is InChI=1S/C23H17N5O2S/c29-28(30)19-11-12-20-17(14-24-21(20)13-19)15-31-23-26-25-22(16-7-3-1-4-8-16)27(23)18-9-5-2-6-10-18/h1-14,24H,15H2. The van der Waals surface area contributed by atoms with E-state index in [1.807, 2.05) is 66.9 Å².